The van der Waals surface area contributed by atoms with E-state index >= 15 is 0 Å². The van der Waals surface area contributed by atoms with Gasteiger partial charge in [0.15, 0.2) is 0 Å². The zero-order valence-corrected chi connectivity index (χ0v) is 29.2. The first kappa shape index (κ1) is 41.0. The summed E-state index contributed by atoms with van der Waals surface area (Å²) in [6.07, 6.45) is 34.5. The molecular weight excluding hydrogens is 615 g/mol. The van der Waals surface area contributed by atoms with E-state index in [9.17, 15) is 0 Å². The number of unbranched alkanes of at least 4 members (excludes halogenated alkanes) is 2. The molecule has 2 aromatic heterocycles. The van der Waals surface area contributed by atoms with E-state index in [-0.39, 0.29) is 21.7 Å². The molecule has 2 heterocycles. The molecule has 0 N–H and O–H groups in total. The Hall–Kier alpha value is -1.99. The summed E-state index contributed by atoms with van der Waals surface area (Å²) in [7, 11) is 0. The molecule has 2 aliphatic rings. The molecule has 0 aliphatic heterocycles. The Bertz CT molecular complexity index is 963. The van der Waals surface area contributed by atoms with Crippen LogP contribution in [0.25, 0.3) is 0 Å². The van der Waals surface area contributed by atoms with Gasteiger partial charge in [-0.3, -0.25) is 12.2 Å². The van der Waals surface area contributed by atoms with E-state index in [1.165, 1.54) is 38.5 Å². The number of nitrogens with zero attached hydrogens (tertiary/aromatic N) is 4. The van der Waals surface area contributed by atoms with E-state index in [1.807, 2.05) is 24.3 Å². The Morgan fingerprint density at radius 1 is 0.698 bits per heavy atom. The number of aromatic nitrogens is 4. The van der Waals surface area contributed by atoms with Crippen LogP contribution in [-0.4, -0.2) is 33.1 Å². The Morgan fingerprint density at radius 3 is 1.37 bits per heavy atom. The first-order valence-electron chi connectivity index (χ1n) is 15.0. The second-order valence-electron chi connectivity index (χ2n) is 9.72. The van der Waals surface area contributed by atoms with Crippen LogP contribution in [0.1, 0.15) is 91.9 Å². The van der Waals surface area contributed by atoms with E-state index in [0.29, 0.717) is 47.1 Å². The van der Waals surface area contributed by atoms with Crippen molar-refractivity contribution >= 4 is 23.2 Å². The molecule has 6 nitrogen and oxygen atoms in total. The smallest absolute Gasteiger partial charge is 0.534 e. The molecular formula is C34H46Cl2N4O2Ti. The van der Waals surface area contributed by atoms with Crippen molar-refractivity contribution in [2.45, 2.75) is 91.9 Å². The van der Waals surface area contributed by atoms with Gasteiger partial charge in [-0.15, -0.1) is 36.0 Å². The molecule has 2 aromatic rings. The van der Waals surface area contributed by atoms with Crippen LogP contribution >= 0.6 is 23.2 Å². The van der Waals surface area contributed by atoms with Crippen LogP contribution in [0.5, 0.6) is 11.8 Å². The van der Waals surface area contributed by atoms with Gasteiger partial charge in [-0.25, -0.2) is 24.3 Å². The van der Waals surface area contributed by atoms with Gasteiger partial charge in [-0.2, -0.15) is 12.2 Å². The summed E-state index contributed by atoms with van der Waals surface area (Å²) >= 11 is 11.4. The quantitative estimate of drug-likeness (QED) is 0.114. The van der Waals surface area contributed by atoms with Gasteiger partial charge in [0.2, 0.25) is 0 Å². The molecule has 2 aliphatic carbocycles. The monoisotopic (exact) mass is 660 g/mol. The number of hydrogen-bond acceptors (Lipinski definition) is 6. The summed E-state index contributed by atoms with van der Waals surface area (Å²) in [5.41, 5.74) is 0. The number of allylic oxidation sites excluding steroid dienone is 8. The minimum Gasteiger partial charge on any atom is -0.534 e. The van der Waals surface area contributed by atoms with Crippen molar-refractivity contribution < 1.29 is 31.2 Å². The zero-order chi connectivity index (χ0) is 30.7. The van der Waals surface area contributed by atoms with E-state index in [1.54, 1.807) is 12.1 Å². The summed E-state index contributed by atoms with van der Waals surface area (Å²) in [6.45, 7) is 10.2. The van der Waals surface area contributed by atoms with Crippen LogP contribution < -0.4 is 9.47 Å². The van der Waals surface area contributed by atoms with Crippen molar-refractivity contribution in [3.8, 4) is 11.8 Å². The first-order chi connectivity index (χ1) is 20.5. The fraction of sp³-hybridized carbons (Fsp3) is 0.529. The Balaban J connectivity index is 0.000000608. The maximum atomic E-state index is 5.72. The summed E-state index contributed by atoms with van der Waals surface area (Å²) in [4.78, 5) is 15.1. The van der Waals surface area contributed by atoms with Crippen LogP contribution in [0.4, 0.5) is 0 Å². The molecule has 43 heavy (non-hydrogen) atoms. The molecule has 0 fully saturated rings. The molecule has 2 unspecified atom stereocenters. The van der Waals surface area contributed by atoms with Crippen molar-refractivity contribution in [2.75, 3.05) is 13.2 Å². The minimum atomic E-state index is 0. The average Bonchev–Trinajstić information content (AvgIpc) is 3.78. The topological polar surface area (TPSA) is 70.0 Å². The van der Waals surface area contributed by atoms with Gasteiger partial charge in [0, 0.05) is 23.0 Å². The maximum absolute atomic E-state index is 5.72. The standard InChI is InChI=1S/2C12H18ClN2O.2C5H5.Ti/c2*1-3-5-6-10(4-2)8-16-12-7-11(13)14-9-15-12;2*1-2-4-5-3-1;/h2*7,10H,3-6,8H2,1-2H3;2*1-3H,4H2;/q4*-1;+4. The van der Waals surface area contributed by atoms with Crippen LogP contribution in [0.2, 0.25) is 10.3 Å². The third-order valence-corrected chi connectivity index (χ3v) is 6.70. The van der Waals surface area contributed by atoms with Crippen molar-refractivity contribution in [1.29, 1.82) is 0 Å². The fourth-order valence-corrected chi connectivity index (χ4v) is 3.87. The largest absolute Gasteiger partial charge is 4.00 e. The summed E-state index contributed by atoms with van der Waals surface area (Å²) in [5.74, 6) is 2.20. The molecule has 0 aromatic carbocycles. The van der Waals surface area contributed by atoms with E-state index in [2.05, 4.69) is 84.6 Å². The maximum Gasteiger partial charge on any atom is 4.00 e. The van der Waals surface area contributed by atoms with Crippen LogP contribution in [0, 0.1) is 36.6 Å². The Kier molecular flexibility index (Phi) is 27.4. The van der Waals surface area contributed by atoms with Gasteiger partial charge >= 0.3 is 21.7 Å². The van der Waals surface area contributed by atoms with Crippen molar-refractivity contribution in [1.82, 2.24) is 19.9 Å². The van der Waals surface area contributed by atoms with Crippen LogP contribution in [0.3, 0.4) is 0 Å². The fourth-order valence-electron chi connectivity index (χ4n) is 3.61. The zero-order valence-electron chi connectivity index (χ0n) is 26.1. The van der Waals surface area contributed by atoms with Gasteiger partial charge in [0.25, 0.3) is 0 Å². The molecule has 9 heteroatoms. The normalized spacial score (nSPS) is 13.3. The predicted molar refractivity (Wildman–Crippen MR) is 172 cm³/mol. The van der Waals surface area contributed by atoms with Crippen LogP contribution in [-0.2, 0) is 21.7 Å². The van der Waals surface area contributed by atoms with Crippen molar-refractivity contribution in [3.63, 3.8) is 0 Å². The van der Waals surface area contributed by atoms with Gasteiger partial charge in [-0.05, 0) is 24.7 Å². The second kappa shape index (κ2) is 28.8. The predicted octanol–water partition coefficient (Wildman–Crippen LogP) is 9.66. The van der Waals surface area contributed by atoms with E-state index < -0.39 is 0 Å². The summed E-state index contributed by atoms with van der Waals surface area (Å²) < 4.78 is 11.1. The number of hydrogen-bond donors (Lipinski definition) is 0. The van der Waals surface area contributed by atoms with Gasteiger partial charge in [-0.1, -0.05) is 78.4 Å². The molecule has 0 radical (unpaired) electrons. The third kappa shape index (κ3) is 23.1. The Labute approximate surface area is 285 Å². The first-order valence-corrected chi connectivity index (χ1v) is 15.8. The summed E-state index contributed by atoms with van der Waals surface area (Å²) in [6, 6.07) is 3.23. The molecule has 0 spiro atoms. The van der Waals surface area contributed by atoms with Crippen molar-refractivity contribution in [2.24, 2.45) is 11.8 Å². The molecule has 0 amide bonds. The Morgan fingerprint density at radius 2 is 1.12 bits per heavy atom. The number of halogens is 2. The van der Waals surface area contributed by atoms with E-state index in [4.69, 9.17) is 32.7 Å². The average molecular weight is 662 g/mol. The van der Waals surface area contributed by atoms with E-state index in [0.717, 1.165) is 25.7 Å². The SMILES string of the molecule is CCCCC(CC)COc1cc(Cl)n[c-]n1.CCCCC(CC)COc1cc(Cl)n[c-]n1.[C-]1=CC=CC1.[C-]1=CC=CC1.[Ti+4]. The minimum absolute atomic E-state index is 0. The van der Waals surface area contributed by atoms with Crippen LogP contribution in [0.15, 0.2) is 48.6 Å². The molecule has 0 saturated carbocycles. The molecule has 232 valence electrons. The molecule has 0 saturated heterocycles. The van der Waals surface area contributed by atoms with Gasteiger partial charge in [0.1, 0.15) is 11.8 Å². The third-order valence-electron chi connectivity index (χ3n) is 6.31. The second-order valence-corrected chi connectivity index (χ2v) is 10.5. The number of ether oxygens (including phenoxy) is 2. The van der Waals surface area contributed by atoms with Gasteiger partial charge < -0.3 is 29.4 Å². The molecule has 0 bridgehead atoms. The number of rotatable bonds is 14. The molecule has 4 rings (SSSR count). The summed E-state index contributed by atoms with van der Waals surface area (Å²) in [5, 5.41) is 0.734. The van der Waals surface area contributed by atoms with Crippen molar-refractivity contribution in [3.05, 3.63) is 83.7 Å². The molecule has 2 atom stereocenters. The van der Waals surface area contributed by atoms with Gasteiger partial charge in [0.05, 0.1) is 13.2 Å².